The van der Waals surface area contributed by atoms with Crippen LogP contribution in [-0.2, 0) is 13.1 Å². The van der Waals surface area contributed by atoms with Crippen molar-refractivity contribution in [2.45, 2.75) is 52.6 Å². The Labute approximate surface area is 160 Å². The molecule has 2 aromatic carbocycles. The van der Waals surface area contributed by atoms with E-state index < -0.39 is 22.2 Å². The van der Waals surface area contributed by atoms with Gasteiger partial charge in [0.05, 0.1) is 0 Å². The largest absolute Gasteiger partial charge is 0.274 e. The van der Waals surface area contributed by atoms with Crippen molar-refractivity contribution < 1.29 is 0 Å². The van der Waals surface area contributed by atoms with Gasteiger partial charge in [0, 0.05) is 45.4 Å². The van der Waals surface area contributed by atoms with Gasteiger partial charge >= 0.3 is 0 Å². The highest BCUT2D eigenvalue weighted by atomic mass is 16.2. The third kappa shape index (κ3) is 2.47. The van der Waals surface area contributed by atoms with Crippen molar-refractivity contribution in [2.75, 3.05) is 0 Å². The molecule has 0 N–H and O–H groups in total. The van der Waals surface area contributed by atoms with Crippen molar-refractivity contribution in [1.29, 1.82) is 0 Å². The molecule has 6 rings (SSSR count). The van der Waals surface area contributed by atoms with Gasteiger partial charge in [-0.2, -0.15) is 0 Å². The van der Waals surface area contributed by atoms with Crippen molar-refractivity contribution in [1.82, 2.24) is 9.13 Å². The molecule has 0 aliphatic heterocycles. The molecule has 0 unspecified atom stereocenters. The van der Waals surface area contributed by atoms with E-state index in [2.05, 4.69) is 0 Å². The van der Waals surface area contributed by atoms with E-state index in [4.69, 9.17) is 0 Å². The van der Waals surface area contributed by atoms with Crippen LogP contribution in [-0.4, -0.2) is 9.13 Å². The summed E-state index contributed by atoms with van der Waals surface area (Å²) in [4.78, 5) is 52.5. The fourth-order valence-electron chi connectivity index (χ4n) is 4.01. The van der Waals surface area contributed by atoms with Crippen molar-refractivity contribution in [3.8, 4) is 0 Å². The van der Waals surface area contributed by atoms with Crippen LogP contribution in [0.5, 0.6) is 0 Å². The van der Waals surface area contributed by atoms with Crippen LogP contribution < -0.4 is 22.2 Å². The molecule has 0 saturated heterocycles. The van der Waals surface area contributed by atoms with Gasteiger partial charge in [-0.3, -0.25) is 28.3 Å². The van der Waals surface area contributed by atoms with Gasteiger partial charge in [0.25, 0.3) is 22.2 Å². The minimum atomic E-state index is -0.399. The molecule has 144 valence electrons. The van der Waals surface area contributed by atoms with Crippen LogP contribution in [0.2, 0.25) is 0 Å². The van der Waals surface area contributed by atoms with E-state index in [-0.39, 0.29) is 0 Å². The zero-order chi connectivity index (χ0) is 20.0. The maximum atomic E-state index is 13.1. The second-order valence-corrected chi connectivity index (χ2v) is 7.30. The highest BCUT2D eigenvalue weighted by molar-refractivity contribution is 6.22. The second-order valence-electron chi connectivity index (χ2n) is 7.30. The summed E-state index contributed by atoms with van der Waals surface area (Å²) < 4.78 is 2.49. The fraction of sp³-hybridized carbons (Fsp3) is 0.364. The first-order valence-electron chi connectivity index (χ1n) is 9.83. The van der Waals surface area contributed by atoms with E-state index in [0.29, 0.717) is 58.2 Å². The van der Waals surface area contributed by atoms with E-state index in [9.17, 15) is 19.2 Å². The Balaban J connectivity index is 2.29. The third-order valence-corrected chi connectivity index (χ3v) is 5.53. The monoisotopic (exact) mass is 378 g/mol. The molecule has 0 spiro atoms. The molecular weight excluding hydrogens is 356 g/mol. The first kappa shape index (κ1) is 18.3. The molecule has 0 aliphatic rings. The van der Waals surface area contributed by atoms with Gasteiger partial charge < -0.3 is 0 Å². The van der Waals surface area contributed by atoms with Crippen molar-refractivity contribution in [3.05, 3.63) is 65.7 Å². The molecule has 6 heteroatoms. The standard InChI is InChI=1S/C22H22N2O4/c1-3-5-11-23-19(25)13-7-8-14(20(23)26)18-16-10-9-15(17(13)18)21(27)24(22(16)28)12-6-4-2/h7-10H,3-6,11-12H2,1-2H3. The normalized spacial score (nSPS) is 11.9. The van der Waals surface area contributed by atoms with Gasteiger partial charge in [-0.05, 0) is 37.1 Å². The maximum absolute atomic E-state index is 13.1. The first-order chi connectivity index (χ1) is 13.5. The summed E-state index contributed by atoms with van der Waals surface area (Å²) in [6, 6.07) is 6.43. The Morgan fingerprint density at radius 1 is 0.571 bits per heavy atom. The molecule has 4 heterocycles. The molecule has 0 fully saturated rings. The highest BCUT2D eigenvalue weighted by Gasteiger charge is 2.20. The predicted octanol–water partition coefficient (Wildman–Crippen LogP) is 2.67. The lowest BCUT2D eigenvalue weighted by atomic mass is 10.00. The van der Waals surface area contributed by atoms with Gasteiger partial charge in [-0.25, -0.2) is 0 Å². The summed E-state index contributed by atoms with van der Waals surface area (Å²) >= 11 is 0. The topological polar surface area (TPSA) is 78.1 Å². The summed E-state index contributed by atoms with van der Waals surface area (Å²) in [5.74, 6) is 0. The minimum Gasteiger partial charge on any atom is -0.274 e. The predicted molar refractivity (Wildman–Crippen MR) is 112 cm³/mol. The lowest BCUT2D eigenvalue weighted by molar-refractivity contribution is 0.605. The fourth-order valence-corrected chi connectivity index (χ4v) is 4.01. The number of fused-ring (bicyclic) bond motifs is 6. The molecule has 4 aromatic heterocycles. The Bertz CT molecular complexity index is 1210. The molecular formula is C22H22N2O4. The van der Waals surface area contributed by atoms with Gasteiger partial charge in [-0.1, -0.05) is 26.7 Å². The van der Waals surface area contributed by atoms with Gasteiger partial charge in [0.2, 0.25) is 0 Å². The average molecular weight is 378 g/mol. The SMILES string of the molecule is CCCCn1c(=O)c2ccc(c1=O)c1c3ccc(c(=O)n(CCCC)c3=O)c21. The van der Waals surface area contributed by atoms with Gasteiger partial charge in [0.1, 0.15) is 0 Å². The Hall–Kier alpha value is -3.02. The highest BCUT2D eigenvalue weighted by Crippen LogP contribution is 2.28. The van der Waals surface area contributed by atoms with Crippen LogP contribution in [0.4, 0.5) is 0 Å². The van der Waals surface area contributed by atoms with Crippen molar-refractivity contribution in [3.63, 3.8) is 0 Å². The number of nitrogens with zero attached hydrogens (tertiary/aromatic N) is 2. The van der Waals surface area contributed by atoms with E-state index in [0.717, 1.165) is 12.8 Å². The lowest BCUT2D eigenvalue weighted by Gasteiger charge is -2.00. The smallest absolute Gasteiger partial charge is 0.261 e. The minimum absolute atomic E-state index is 0.316. The molecule has 0 radical (unpaired) electrons. The zero-order valence-electron chi connectivity index (χ0n) is 16.1. The van der Waals surface area contributed by atoms with Gasteiger partial charge in [-0.15, -0.1) is 0 Å². The van der Waals surface area contributed by atoms with E-state index in [1.807, 2.05) is 13.8 Å². The van der Waals surface area contributed by atoms with Crippen LogP contribution in [0.15, 0.2) is 43.4 Å². The number of hydrogen-bond donors (Lipinski definition) is 0. The second kappa shape index (κ2) is 6.86. The van der Waals surface area contributed by atoms with Crippen LogP contribution in [0.25, 0.3) is 32.3 Å². The van der Waals surface area contributed by atoms with E-state index >= 15 is 0 Å². The number of benzene rings is 2. The molecule has 0 atom stereocenters. The molecule has 4 bridgehead atoms. The van der Waals surface area contributed by atoms with E-state index in [1.54, 1.807) is 24.3 Å². The Kier molecular flexibility index (Phi) is 4.49. The average Bonchev–Trinajstić information content (AvgIpc) is 2.97. The molecule has 28 heavy (non-hydrogen) atoms. The lowest BCUT2D eigenvalue weighted by Crippen LogP contribution is -2.30. The van der Waals surface area contributed by atoms with Crippen molar-refractivity contribution >= 4 is 32.3 Å². The summed E-state index contributed by atoms with van der Waals surface area (Å²) in [5.41, 5.74) is -1.60. The summed E-state index contributed by atoms with van der Waals surface area (Å²) in [5, 5.41) is 2.13. The summed E-state index contributed by atoms with van der Waals surface area (Å²) in [7, 11) is 0. The number of hydrogen-bond acceptors (Lipinski definition) is 4. The zero-order valence-corrected chi connectivity index (χ0v) is 16.1. The molecule has 6 aromatic rings. The molecule has 6 nitrogen and oxygen atoms in total. The summed E-state index contributed by atoms with van der Waals surface area (Å²) in [6.07, 6.45) is 3.11. The Morgan fingerprint density at radius 3 is 1.11 bits per heavy atom. The first-order valence-corrected chi connectivity index (χ1v) is 9.83. The Morgan fingerprint density at radius 2 is 0.857 bits per heavy atom. The van der Waals surface area contributed by atoms with Crippen LogP contribution in [0.3, 0.4) is 0 Å². The molecule has 0 aliphatic carbocycles. The quantitative estimate of drug-likeness (QED) is 0.517. The van der Waals surface area contributed by atoms with Crippen molar-refractivity contribution in [2.24, 2.45) is 0 Å². The van der Waals surface area contributed by atoms with Crippen LogP contribution >= 0.6 is 0 Å². The van der Waals surface area contributed by atoms with Gasteiger partial charge in [0.15, 0.2) is 0 Å². The molecule has 0 amide bonds. The van der Waals surface area contributed by atoms with E-state index in [1.165, 1.54) is 9.13 Å². The van der Waals surface area contributed by atoms with Crippen LogP contribution in [0.1, 0.15) is 39.5 Å². The third-order valence-electron chi connectivity index (χ3n) is 5.53. The molecule has 0 saturated carbocycles. The number of rotatable bonds is 6. The number of aromatic nitrogens is 2. The van der Waals surface area contributed by atoms with Crippen LogP contribution in [0, 0.1) is 0 Å². The summed E-state index contributed by atoms with van der Waals surface area (Å²) in [6.45, 7) is 4.63. The number of unbranched alkanes of at least 4 members (excludes halogenated alkanes) is 2. The maximum Gasteiger partial charge on any atom is 0.261 e.